The average molecular weight is 521 g/mol. The molecule has 4 rings (SSSR count). The summed E-state index contributed by atoms with van der Waals surface area (Å²) in [5.74, 6) is -0.636. The van der Waals surface area contributed by atoms with Crippen molar-refractivity contribution in [2.24, 2.45) is 0 Å². The van der Waals surface area contributed by atoms with Gasteiger partial charge in [0.05, 0.1) is 5.69 Å². The SMILES string of the molecule is O=C(Nc1cc(CN2CC(=O)N(c3ccc(SC(F)(F)F)cc3)C2=O)ccn1)c1ccc(Cl)cc1. The highest BCUT2D eigenvalue weighted by Crippen LogP contribution is 2.37. The van der Waals surface area contributed by atoms with Crippen LogP contribution in [0.5, 0.6) is 0 Å². The Hall–Kier alpha value is -3.57. The molecule has 0 aliphatic carbocycles. The third-order valence-corrected chi connectivity index (χ3v) is 5.90. The van der Waals surface area contributed by atoms with Crippen LogP contribution in [-0.2, 0) is 11.3 Å². The van der Waals surface area contributed by atoms with Gasteiger partial charge in [-0.2, -0.15) is 13.2 Å². The van der Waals surface area contributed by atoms with E-state index in [1.54, 1.807) is 36.4 Å². The van der Waals surface area contributed by atoms with Gasteiger partial charge in [0.1, 0.15) is 12.4 Å². The highest BCUT2D eigenvalue weighted by atomic mass is 35.5. The van der Waals surface area contributed by atoms with Gasteiger partial charge in [0.25, 0.3) is 11.8 Å². The Balaban J connectivity index is 1.43. The topological polar surface area (TPSA) is 82.6 Å². The van der Waals surface area contributed by atoms with E-state index in [0.29, 0.717) is 16.1 Å². The third-order valence-electron chi connectivity index (χ3n) is 4.91. The number of carbonyl (C=O) groups excluding carboxylic acids is 3. The summed E-state index contributed by atoms with van der Waals surface area (Å²) >= 11 is 5.55. The minimum Gasteiger partial charge on any atom is -0.310 e. The van der Waals surface area contributed by atoms with Crippen molar-refractivity contribution in [2.45, 2.75) is 16.9 Å². The van der Waals surface area contributed by atoms with Gasteiger partial charge in [-0.1, -0.05) is 11.6 Å². The minimum absolute atomic E-state index is 0.0536. The molecular weight excluding hydrogens is 505 g/mol. The zero-order valence-corrected chi connectivity index (χ0v) is 19.3. The largest absolute Gasteiger partial charge is 0.446 e. The molecule has 0 radical (unpaired) electrons. The van der Waals surface area contributed by atoms with Crippen molar-refractivity contribution in [1.29, 1.82) is 0 Å². The Morgan fingerprint density at radius 1 is 1.06 bits per heavy atom. The lowest BCUT2D eigenvalue weighted by atomic mass is 10.2. The second kappa shape index (κ2) is 9.96. The van der Waals surface area contributed by atoms with Crippen molar-refractivity contribution in [2.75, 3.05) is 16.8 Å². The first-order valence-electron chi connectivity index (χ1n) is 10.1. The second-order valence-electron chi connectivity index (χ2n) is 7.42. The van der Waals surface area contributed by atoms with Crippen LogP contribution in [0.2, 0.25) is 5.02 Å². The van der Waals surface area contributed by atoms with Crippen molar-refractivity contribution in [3.8, 4) is 0 Å². The predicted octanol–water partition coefficient (Wildman–Crippen LogP) is 5.57. The zero-order chi connectivity index (χ0) is 25.2. The first-order chi connectivity index (χ1) is 16.6. The summed E-state index contributed by atoms with van der Waals surface area (Å²) < 4.78 is 37.6. The van der Waals surface area contributed by atoms with Crippen LogP contribution in [0.25, 0.3) is 0 Å². The number of imide groups is 1. The lowest BCUT2D eigenvalue weighted by Gasteiger charge is -2.18. The summed E-state index contributed by atoms with van der Waals surface area (Å²) in [7, 11) is 0. The maximum atomic E-state index is 12.9. The van der Waals surface area contributed by atoms with E-state index in [1.807, 2.05) is 0 Å². The summed E-state index contributed by atoms with van der Waals surface area (Å²) in [6.07, 6.45) is 1.46. The number of urea groups is 1. The number of amides is 4. The van der Waals surface area contributed by atoms with E-state index in [0.717, 1.165) is 4.90 Å². The van der Waals surface area contributed by atoms with E-state index in [1.165, 1.54) is 35.4 Å². The molecule has 35 heavy (non-hydrogen) atoms. The lowest BCUT2D eigenvalue weighted by molar-refractivity contribution is -0.116. The van der Waals surface area contributed by atoms with Crippen LogP contribution in [0.3, 0.4) is 0 Å². The van der Waals surface area contributed by atoms with Gasteiger partial charge in [0.15, 0.2) is 0 Å². The number of benzene rings is 2. The molecule has 1 aliphatic rings. The number of nitrogens with zero attached hydrogens (tertiary/aromatic N) is 3. The summed E-state index contributed by atoms with van der Waals surface area (Å²) in [6, 6.07) is 13.9. The Morgan fingerprint density at radius 2 is 1.74 bits per heavy atom. The molecule has 4 amide bonds. The smallest absolute Gasteiger partial charge is 0.310 e. The lowest BCUT2D eigenvalue weighted by Crippen LogP contribution is -2.32. The summed E-state index contributed by atoms with van der Waals surface area (Å²) in [4.78, 5) is 44.0. The van der Waals surface area contributed by atoms with Gasteiger partial charge in [-0.15, -0.1) is 0 Å². The van der Waals surface area contributed by atoms with Gasteiger partial charge in [0.2, 0.25) is 0 Å². The Labute approximate surface area is 206 Å². The molecule has 1 aliphatic heterocycles. The quantitative estimate of drug-likeness (QED) is 0.339. The molecule has 0 atom stereocenters. The molecule has 180 valence electrons. The van der Waals surface area contributed by atoms with E-state index < -0.39 is 23.4 Å². The molecule has 0 spiro atoms. The van der Waals surface area contributed by atoms with Crippen molar-refractivity contribution >= 4 is 52.7 Å². The third kappa shape index (κ3) is 6.11. The maximum Gasteiger partial charge on any atom is 0.446 e. The Kier molecular flexibility index (Phi) is 6.99. The van der Waals surface area contributed by atoms with Gasteiger partial charge < -0.3 is 10.2 Å². The van der Waals surface area contributed by atoms with E-state index in [-0.39, 0.29) is 41.3 Å². The van der Waals surface area contributed by atoms with E-state index >= 15 is 0 Å². The fraction of sp³-hybridized carbons (Fsp3) is 0.130. The van der Waals surface area contributed by atoms with Crippen molar-refractivity contribution in [3.05, 3.63) is 83.0 Å². The molecule has 7 nitrogen and oxygen atoms in total. The summed E-state index contributed by atoms with van der Waals surface area (Å²) in [5, 5.41) is 3.16. The number of carbonyl (C=O) groups is 3. The number of anilines is 2. The number of alkyl halides is 3. The normalized spacial score (nSPS) is 13.9. The molecule has 0 saturated carbocycles. The van der Waals surface area contributed by atoms with Crippen LogP contribution in [0, 0.1) is 0 Å². The molecule has 2 aromatic carbocycles. The number of thioether (sulfide) groups is 1. The molecule has 2 heterocycles. The summed E-state index contributed by atoms with van der Waals surface area (Å²) in [5.41, 5.74) is -3.25. The van der Waals surface area contributed by atoms with Crippen molar-refractivity contribution in [1.82, 2.24) is 9.88 Å². The minimum atomic E-state index is -4.44. The van der Waals surface area contributed by atoms with Crippen LogP contribution in [0.1, 0.15) is 15.9 Å². The fourth-order valence-electron chi connectivity index (χ4n) is 3.38. The first kappa shape index (κ1) is 24.6. The van der Waals surface area contributed by atoms with E-state index in [4.69, 9.17) is 11.6 Å². The highest BCUT2D eigenvalue weighted by Gasteiger charge is 2.37. The van der Waals surface area contributed by atoms with Crippen LogP contribution in [0.15, 0.2) is 71.8 Å². The number of halogens is 4. The number of hydrogen-bond acceptors (Lipinski definition) is 5. The standard InChI is InChI=1S/C23H16ClF3N4O3S/c24-16-3-1-15(2-4-16)21(33)29-19-11-14(9-10-28-19)12-30-13-20(32)31(22(30)34)17-5-7-18(8-6-17)35-23(25,26)27/h1-11H,12-13H2,(H,28,29,33). The monoisotopic (exact) mass is 520 g/mol. The summed E-state index contributed by atoms with van der Waals surface area (Å²) in [6.45, 7) is -0.137. The molecule has 1 fully saturated rings. The number of hydrogen-bond donors (Lipinski definition) is 1. The van der Waals surface area contributed by atoms with Crippen LogP contribution >= 0.6 is 23.4 Å². The van der Waals surface area contributed by atoms with Crippen LogP contribution in [-0.4, -0.2) is 39.8 Å². The number of nitrogens with one attached hydrogen (secondary N) is 1. The average Bonchev–Trinajstić information content (AvgIpc) is 3.06. The van der Waals surface area contributed by atoms with Gasteiger partial charge >= 0.3 is 11.5 Å². The van der Waals surface area contributed by atoms with E-state index in [2.05, 4.69) is 10.3 Å². The van der Waals surface area contributed by atoms with Crippen molar-refractivity contribution < 1.29 is 27.6 Å². The molecule has 0 bridgehead atoms. The van der Waals surface area contributed by atoms with E-state index in [9.17, 15) is 27.6 Å². The van der Waals surface area contributed by atoms with Gasteiger partial charge in [-0.3, -0.25) is 9.59 Å². The first-order valence-corrected chi connectivity index (χ1v) is 11.3. The van der Waals surface area contributed by atoms with Gasteiger partial charge in [-0.25, -0.2) is 14.7 Å². The molecule has 0 unspecified atom stereocenters. The molecule has 1 N–H and O–H groups in total. The van der Waals surface area contributed by atoms with Gasteiger partial charge in [-0.05, 0) is 78.0 Å². The number of rotatable bonds is 6. The number of aromatic nitrogens is 1. The Bertz CT molecular complexity index is 1270. The molecule has 12 heteroatoms. The molecular formula is C23H16ClF3N4O3S. The Morgan fingerprint density at radius 3 is 2.40 bits per heavy atom. The zero-order valence-electron chi connectivity index (χ0n) is 17.8. The number of pyridine rings is 1. The van der Waals surface area contributed by atoms with Crippen LogP contribution < -0.4 is 10.2 Å². The fourth-order valence-corrected chi connectivity index (χ4v) is 4.04. The molecule has 3 aromatic rings. The highest BCUT2D eigenvalue weighted by molar-refractivity contribution is 8.00. The predicted molar refractivity (Wildman–Crippen MR) is 125 cm³/mol. The molecule has 1 aromatic heterocycles. The second-order valence-corrected chi connectivity index (χ2v) is 8.99. The molecule has 1 saturated heterocycles. The van der Waals surface area contributed by atoms with Crippen LogP contribution in [0.4, 0.5) is 29.5 Å². The van der Waals surface area contributed by atoms with Crippen molar-refractivity contribution in [3.63, 3.8) is 0 Å². The maximum absolute atomic E-state index is 12.9. The van der Waals surface area contributed by atoms with Gasteiger partial charge in [0, 0.05) is 28.2 Å².